The molecule has 0 aromatic carbocycles. The monoisotopic (exact) mass is 203 g/mol. The van der Waals surface area contributed by atoms with Gasteiger partial charge < -0.3 is 10.0 Å². The lowest BCUT2D eigenvalue weighted by atomic mass is 10.2. The first-order chi connectivity index (χ1) is 7.38. The highest BCUT2D eigenvalue weighted by atomic mass is 16.3. The summed E-state index contributed by atoms with van der Waals surface area (Å²) < 4.78 is 0. The summed E-state index contributed by atoms with van der Waals surface area (Å²) in [6.07, 6.45) is 6.11. The molecule has 4 nitrogen and oxygen atoms in total. The Morgan fingerprint density at radius 1 is 1.53 bits per heavy atom. The maximum Gasteiger partial charge on any atom is 0.155 e. The number of aliphatic hydroxyl groups is 1. The van der Waals surface area contributed by atoms with Crippen LogP contribution in [-0.2, 0) is 6.61 Å². The number of pyridine rings is 1. The van der Waals surface area contributed by atoms with Crippen LogP contribution < -0.4 is 4.90 Å². The zero-order valence-electron chi connectivity index (χ0n) is 8.43. The molecule has 0 bridgehead atoms. The topological polar surface area (TPSA) is 48.7 Å². The van der Waals surface area contributed by atoms with Crippen molar-refractivity contribution in [3.63, 3.8) is 0 Å². The van der Waals surface area contributed by atoms with E-state index in [1.165, 1.54) is 12.8 Å². The molecule has 0 unspecified atom stereocenters. The molecule has 1 fully saturated rings. The number of fused-ring (bicyclic) bond motifs is 3. The van der Waals surface area contributed by atoms with Gasteiger partial charge in [0.05, 0.1) is 12.6 Å². The minimum absolute atomic E-state index is 0.0270. The standard InChI is InChI=1S/C11H13N3O/c15-7-8-4-10-11(13-5-8)14-3-1-2-9(14)6-12-10/h4-6,9,15H,1-3,7H2/t9-/m0/s1. The molecule has 78 valence electrons. The molecule has 3 rings (SSSR count). The van der Waals surface area contributed by atoms with Gasteiger partial charge in [0.2, 0.25) is 0 Å². The van der Waals surface area contributed by atoms with Crippen molar-refractivity contribution in [1.29, 1.82) is 0 Å². The Morgan fingerprint density at radius 3 is 3.33 bits per heavy atom. The van der Waals surface area contributed by atoms with E-state index in [0.717, 1.165) is 23.6 Å². The van der Waals surface area contributed by atoms with Gasteiger partial charge >= 0.3 is 0 Å². The number of aromatic nitrogens is 1. The van der Waals surface area contributed by atoms with E-state index in [2.05, 4.69) is 14.9 Å². The number of aliphatic hydroxyl groups excluding tert-OH is 1. The van der Waals surface area contributed by atoms with E-state index < -0.39 is 0 Å². The fraction of sp³-hybridized carbons (Fsp3) is 0.455. The van der Waals surface area contributed by atoms with Crippen LogP contribution in [0.15, 0.2) is 17.3 Å². The van der Waals surface area contributed by atoms with Crippen molar-refractivity contribution >= 4 is 17.7 Å². The van der Waals surface area contributed by atoms with Crippen molar-refractivity contribution in [2.24, 2.45) is 4.99 Å². The molecule has 15 heavy (non-hydrogen) atoms. The van der Waals surface area contributed by atoms with Crippen LogP contribution in [0.1, 0.15) is 18.4 Å². The summed E-state index contributed by atoms with van der Waals surface area (Å²) >= 11 is 0. The fourth-order valence-electron chi connectivity index (χ4n) is 2.27. The Bertz CT molecular complexity index is 416. The minimum Gasteiger partial charge on any atom is -0.392 e. The summed E-state index contributed by atoms with van der Waals surface area (Å²) in [7, 11) is 0. The average molecular weight is 203 g/mol. The Hall–Kier alpha value is -1.42. The first kappa shape index (κ1) is 8.85. The predicted octanol–water partition coefficient (Wildman–Crippen LogP) is 1.26. The number of hydrogen-bond acceptors (Lipinski definition) is 4. The Kier molecular flexibility index (Phi) is 1.95. The molecule has 0 amide bonds. The number of rotatable bonds is 1. The second-order valence-electron chi connectivity index (χ2n) is 4.03. The van der Waals surface area contributed by atoms with Crippen molar-refractivity contribution in [1.82, 2.24) is 4.98 Å². The molecule has 1 aromatic heterocycles. The van der Waals surface area contributed by atoms with Gasteiger partial charge in [-0.05, 0) is 24.5 Å². The van der Waals surface area contributed by atoms with Crippen molar-refractivity contribution in [2.45, 2.75) is 25.5 Å². The molecule has 1 N–H and O–H groups in total. The second kappa shape index (κ2) is 3.31. The summed E-state index contributed by atoms with van der Waals surface area (Å²) in [5, 5.41) is 9.02. The van der Waals surface area contributed by atoms with Gasteiger partial charge in [0, 0.05) is 19.0 Å². The average Bonchev–Trinajstić information content (AvgIpc) is 2.76. The van der Waals surface area contributed by atoms with Gasteiger partial charge in [-0.25, -0.2) is 4.98 Å². The lowest BCUT2D eigenvalue weighted by Crippen LogP contribution is -2.33. The number of nitrogens with zero attached hydrogens (tertiary/aromatic N) is 3. The molecule has 3 heterocycles. The van der Waals surface area contributed by atoms with Gasteiger partial charge in [-0.15, -0.1) is 0 Å². The first-order valence-corrected chi connectivity index (χ1v) is 5.29. The number of aliphatic imine (C=N–C) groups is 1. The fourth-order valence-corrected chi connectivity index (χ4v) is 2.27. The van der Waals surface area contributed by atoms with Crippen LogP contribution >= 0.6 is 0 Å². The van der Waals surface area contributed by atoms with Gasteiger partial charge in [0.15, 0.2) is 5.82 Å². The summed E-state index contributed by atoms with van der Waals surface area (Å²) in [6.45, 7) is 1.09. The number of anilines is 1. The molecule has 1 aromatic rings. The van der Waals surface area contributed by atoms with Gasteiger partial charge in [-0.1, -0.05) is 0 Å². The van der Waals surface area contributed by atoms with Gasteiger partial charge in [-0.3, -0.25) is 4.99 Å². The molecule has 0 spiro atoms. The summed E-state index contributed by atoms with van der Waals surface area (Å²) in [4.78, 5) is 11.1. The summed E-state index contributed by atoms with van der Waals surface area (Å²) in [5.41, 5.74) is 1.71. The van der Waals surface area contributed by atoms with Crippen LogP contribution in [-0.4, -0.2) is 28.9 Å². The Labute approximate surface area is 88.3 Å². The quantitative estimate of drug-likeness (QED) is 0.747. The lowest BCUT2D eigenvalue weighted by Gasteiger charge is -2.27. The third-order valence-electron chi connectivity index (χ3n) is 3.04. The minimum atomic E-state index is 0.0270. The van der Waals surface area contributed by atoms with Gasteiger partial charge in [-0.2, -0.15) is 0 Å². The van der Waals surface area contributed by atoms with E-state index in [-0.39, 0.29) is 6.61 Å². The van der Waals surface area contributed by atoms with E-state index in [4.69, 9.17) is 5.11 Å². The molecular weight excluding hydrogens is 190 g/mol. The van der Waals surface area contributed by atoms with E-state index in [0.29, 0.717) is 6.04 Å². The largest absolute Gasteiger partial charge is 0.392 e. The van der Waals surface area contributed by atoms with Crippen molar-refractivity contribution in [2.75, 3.05) is 11.4 Å². The predicted molar refractivity (Wildman–Crippen MR) is 58.7 cm³/mol. The normalized spacial score (nSPS) is 22.7. The number of hydrogen-bond donors (Lipinski definition) is 1. The highest BCUT2D eigenvalue weighted by molar-refractivity contribution is 5.83. The van der Waals surface area contributed by atoms with Crippen molar-refractivity contribution < 1.29 is 5.11 Å². The van der Waals surface area contributed by atoms with E-state index in [9.17, 15) is 0 Å². The smallest absolute Gasteiger partial charge is 0.155 e. The van der Waals surface area contributed by atoms with Crippen LogP contribution in [0.5, 0.6) is 0 Å². The lowest BCUT2D eigenvalue weighted by molar-refractivity contribution is 0.281. The first-order valence-electron chi connectivity index (χ1n) is 5.29. The van der Waals surface area contributed by atoms with Gasteiger partial charge in [0.25, 0.3) is 0 Å². The van der Waals surface area contributed by atoms with Crippen LogP contribution in [0, 0.1) is 0 Å². The molecule has 2 aliphatic heterocycles. The van der Waals surface area contributed by atoms with Crippen LogP contribution in [0.4, 0.5) is 11.5 Å². The molecule has 0 radical (unpaired) electrons. The molecule has 1 atom stereocenters. The van der Waals surface area contributed by atoms with Crippen LogP contribution in [0.2, 0.25) is 0 Å². The second-order valence-corrected chi connectivity index (χ2v) is 4.03. The third kappa shape index (κ3) is 1.33. The molecule has 0 aliphatic carbocycles. The zero-order valence-corrected chi connectivity index (χ0v) is 8.43. The maximum absolute atomic E-state index is 9.02. The molecule has 2 aliphatic rings. The van der Waals surface area contributed by atoms with Crippen LogP contribution in [0.3, 0.4) is 0 Å². The third-order valence-corrected chi connectivity index (χ3v) is 3.04. The summed E-state index contributed by atoms with van der Waals surface area (Å²) in [5.74, 6) is 0.970. The molecule has 4 heteroatoms. The molecule has 0 saturated carbocycles. The highest BCUT2D eigenvalue weighted by Crippen LogP contribution is 2.35. The zero-order chi connectivity index (χ0) is 10.3. The van der Waals surface area contributed by atoms with Gasteiger partial charge in [0.1, 0.15) is 5.69 Å². The van der Waals surface area contributed by atoms with E-state index in [1.807, 2.05) is 12.3 Å². The highest BCUT2D eigenvalue weighted by Gasteiger charge is 2.28. The molecular formula is C11H13N3O. The Balaban J connectivity index is 2.06. The maximum atomic E-state index is 9.02. The van der Waals surface area contributed by atoms with E-state index >= 15 is 0 Å². The van der Waals surface area contributed by atoms with Crippen LogP contribution in [0.25, 0.3) is 0 Å². The summed E-state index contributed by atoms with van der Waals surface area (Å²) in [6, 6.07) is 2.35. The Morgan fingerprint density at radius 2 is 2.47 bits per heavy atom. The van der Waals surface area contributed by atoms with E-state index in [1.54, 1.807) is 6.20 Å². The SMILES string of the molecule is OCc1cnc2c(c1)N=C[C@@H]1CCCN21. The molecule has 1 saturated heterocycles. The van der Waals surface area contributed by atoms with Crippen molar-refractivity contribution in [3.8, 4) is 0 Å². The van der Waals surface area contributed by atoms with Crippen molar-refractivity contribution in [3.05, 3.63) is 17.8 Å².